The number of thiophene rings is 1. The van der Waals surface area contributed by atoms with E-state index in [9.17, 15) is 0 Å². The summed E-state index contributed by atoms with van der Waals surface area (Å²) < 4.78 is 5.15. The molecule has 0 saturated heterocycles. The number of hydrogen-bond acceptors (Lipinski definition) is 5. The number of nitrogens with zero attached hydrogens (tertiary/aromatic N) is 1. The number of amidine groups is 1. The van der Waals surface area contributed by atoms with Crippen molar-refractivity contribution in [3.05, 3.63) is 46.3 Å². The lowest BCUT2D eigenvalue weighted by molar-refractivity contribution is 1.38. The quantitative estimate of drug-likeness (QED) is 0.795. The van der Waals surface area contributed by atoms with Gasteiger partial charge in [0.1, 0.15) is 4.21 Å². The summed E-state index contributed by atoms with van der Waals surface area (Å²) in [5, 5.41) is 0.936. The second kappa shape index (κ2) is 5.57. The Labute approximate surface area is 123 Å². The molecule has 1 aliphatic rings. The van der Waals surface area contributed by atoms with Crippen molar-refractivity contribution in [2.24, 2.45) is 4.99 Å². The van der Waals surface area contributed by atoms with Gasteiger partial charge in [-0.05, 0) is 23.6 Å². The van der Waals surface area contributed by atoms with E-state index in [1.165, 1.54) is 5.56 Å². The van der Waals surface area contributed by atoms with Crippen LogP contribution in [-0.4, -0.2) is 5.17 Å². The predicted molar refractivity (Wildman–Crippen MR) is 83.2 cm³/mol. The van der Waals surface area contributed by atoms with E-state index < -0.39 is 0 Å². The number of thioether (sulfide) groups is 1. The van der Waals surface area contributed by atoms with E-state index in [0.29, 0.717) is 0 Å². The molecule has 0 bridgehead atoms. The Bertz CT molecular complexity index is 580. The molecular formula is C12H9ClN2S3. The lowest BCUT2D eigenvalue weighted by atomic mass is 10.2. The fraction of sp³-hybridized carbons (Fsp3) is 0.0833. The number of benzene rings is 1. The minimum Gasteiger partial charge on any atom is -0.304 e. The monoisotopic (exact) mass is 312 g/mol. The number of fused-ring (bicyclic) bond motifs is 1. The Morgan fingerprint density at radius 1 is 1.28 bits per heavy atom. The highest BCUT2D eigenvalue weighted by atomic mass is 35.5. The third-order valence-corrected chi connectivity index (χ3v) is 5.63. The molecule has 1 aromatic carbocycles. The van der Waals surface area contributed by atoms with Gasteiger partial charge in [0.2, 0.25) is 0 Å². The number of halogens is 1. The van der Waals surface area contributed by atoms with Crippen LogP contribution >= 0.6 is 46.6 Å². The molecule has 0 fully saturated rings. The van der Waals surface area contributed by atoms with Gasteiger partial charge in [-0.15, -0.1) is 11.3 Å². The van der Waals surface area contributed by atoms with Gasteiger partial charge in [0.15, 0.2) is 5.17 Å². The van der Waals surface area contributed by atoms with Crippen molar-refractivity contribution >= 4 is 57.5 Å². The zero-order valence-corrected chi connectivity index (χ0v) is 12.4. The van der Waals surface area contributed by atoms with Gasteiger partial charge in [0, 0.05) is 5.75 Å². The van der Waals surface area contributed by atoms with Crippen LogP contribution in [0.4, 0.5) is 5.69 Å². The molecule has 1 aromatic heterocycles. The summed E-state index contributed by atoms with van der Waals surface area (Å²) in [5.74, 6) is 0.917. The van der Waals surface area contributed by atoms with Crippen molar-refractivity contribution in [2.75, 3.05) is 0 Å². The first-order valence-electron chi connectivity index (χ1n) is 5.29. The molecule has 6 heteroatoms. The first-order chi connectivity index (χ1) is 8.81. The summed E-state index contributed by atoms with van der Waals surface area (Å²) in [5.41, 5.74) is 2.27. The summed E-state index contributed by atoms with van der Waals surface area (Å²) in [6.07, 6.45) is 0. The van der Waals surface area contributed by atoms with Gasteiger partial charge in [0.05, 0.1) is 10.0 Å². The normalized spacial score (nSPS) is 13.7. The molecule has 0 saturated carbocycles. The zero-order valence-electron chi connectivity index (χ0n) is 9.22. The van der Waals surface area contributed by atoms with E-state index in [-0.39, 0.29) is 0 Å². The van der Waals surface area contributed by atoms with Gasteiger partial charge < -0.3 is 4.72 Å². The van der Waals surface area contributed by atoms with Crippen molar-refractivity contribution in [2.45, 2.75) is 9.96 Å². The van der Waals surface area contributed by atoms with Crippen LogP contribution in [0.25, 0.3) is 0 Å². The molecule has 18 heavy (non-hydrogen) atoms. The van der Waals surface area contributed by atoms with Gasteiger partial charge >= 0.3 is 0 Å². The number of rotatable bonds is 2. The Balaban J connectivity index is 1.70. The molecule has 0 radical (unpaired) electrons. The van der Waals surface area contributed by atoms with E-state index in [0.717, 1.165) is 25.2 Å². The third kappa shape index (κ3) is 2.85. The molecule has 3 rings (SSSR count). The molecule has 1 N–H and O–H groups in total. The zero-order chi connectivity index (χ0) is 12.4. The van der Waals surface area contributed by atoms with Crippen LogP contribution in [0.5, 0.6) is 0 Å². The average molecular weight is 313 g/mol. The van der Waals surface area contributed by atoms with Crippen LogP contribution in [0.15, 0.2) is 45.6 Å². The van der Waals surface area contributed by atoms with E-state index in [4.69, 9.17) is 11.6 Å². The highest BCUT2D eigenvalue weighted by molar-refractivity contribution is 8.15. The summed E-state index contributed by atoms with van der Waals surface area (Å²) in [6.45, 7) is 0. The van der Waals surface area contributed by atoms with Crippen molar-refractivity contribution < 1.29 is 0 Å². The Morgan fingerprint density at radius 3 is 2.94 bits per heavy atom. The first kappa shape index (κ1) is 12.4. The van der Waals surface area contributed by atoms with Crippen molar-refractivity contribution in [3.8, 4) is 0 Å². The number of aliphatic imine (C=N–C) groups is 1. The molecule has 1 aliphatic heterocycles. The Morgan fingerprint density at radius 2 is 2.11 bits per heavy atom. The van der Waals surface area contributed by atoms with E-state index in [2.05, 4.69) is 34.0 Å². The van der Waals surface area contributed by atoms with Crippen molar-refractivity contribution in [1.82, 2.24) is 4.72 Å². The smallest absolute Gasteiger partial charge is 0.172 e. The SMILES string of the molecule is Clc1cc2c(s1)SNC(SCc1ccccc1)=N2. The van der Waals surface area contributed by atoms with Crippen LogP contribution in [0, 0.1) is 0 Å². The molecule has 0 atom stereocenters. The minimum absolute atomic E-state index is 0.785. The fourth-order valence-corrected chi connectivity index (χ4v) is 4.54. The second-order valence-electron chi connectivity index (χ2n) is 3.62. The van der Waals surface area contributed by atoms with Gasteiger partial charge in [0.25, 0.3) is 0 Å². The van der Waals surface area contributed by atoms with Gasteiger partial charge in [-0.3, -0.25) is 0 Å². The lowest BCUT2D eigenvalue weighted by Crippen LogP contribution is -2.13. The van der Waals surface area contributed by atoms with Crippen LogP contribution in [-0.2, 0) is 5.75 Å². The number of nitrogens with one attached hydrogen (secondary N) is 1. The van der Waals surface area contributed by atoms with E-state index in [1.807, 2.05) is 12.1 Å². The largest absolute Gasteiger partial charge is 0.304 e. The molecule has 0 aliphatic carbocycles. The fourth-order valence-electron chi connectivity index (χ4n) is 1.50. The summed E-state index contributed by atoms with van der Waals surface area (Å²) >= 11 is 10.8. The molecule has 0 amide bonds. The minimum atomic E-state index is 0.785. The lowest BCUT2D eigenvalue weighted by Gasteiger charge is -2.12. The van der Waals surface area contributed by atoms with Gasteiger partial charge in [-0.2, -0.15) is 0 Å². The van der Waals surface area contributed by atoms with Crippen LogP contribution in [0.2, 0.25) is 4.34 Å². The second-order valence-corrected chi connectivity index (χ2v) is 7.34. The molecule has 0 spiro atoms. The number of hydrogen-bond donors (Lipinski definition) is 1. The van der Waals surface area contributed by atoms with E-state index >= 15 is 0 Å². The van der Waals surface area contributed by atoms with Gasteiger partial charge in [-0.1, -0.05) is 53.7 Å². The molecule has 0 unspecified atom stereocenters. The van der Waals surface area contributed by atoms with E-state index in [1.54, 1.807) is 35.0 Å². The topological polar surface area (TPSA) is 24.4 Å². The Kier molecular flexibility index (Phi) is 3.84. The van der Waals surface area contributed by atoms with Crippen molar-refractivity contribution in [3.63, 3.8) is 0 Å². The standard InChI is InChI=1S/C12H9ClN2S3/c13-10-6-9-11(17-10)18-15-12(14-9)16-7-8-4-2-1-3-5-8/h1-6H,7H2,(H,14,15). The van der Waals surface area contributed by atoms with Crippen molar-refractivity contribution in [1.29, 1.82) is 0 Å². The maximum Gasteiger partial charge on any atom is 0.172 e. The van der Waals surface area contributed by atoms with Crippen LogP contribution < -0.4 is 4.72 Å². The first-order valence-corrected chi connectivity index (χ1v) is 8.28. The molecule has 2 heterocycles. The van der Waals surface area contributed by atoms with Crippen LogP contribution in [0.1, 0.15) is 5.56 Å². The summed E-state index contributed by atoms with van der Waals surface area (Å²) in [6, 6.07) is 12.3. The maximum atomic E-state index is 5.97. The maximum absolute atomic E-state index is 5.97. The van der Waals surface area contributed by atoms with Gasteiger partial charge in [-0.25, -0.2) is 4.99 Å². The summed E-state index contributed by atoms with van der Waals surface area (Å²) in [4.78, 5) is 4.55. The Hall–Kier alpha value is -0.620. The molecule has 2 nitrogen and oxygen atoms in total. The highest BCUT2D eigenvalue weighted by Crippen LogP contribution is 2.42. The molecular weight excluding hydrogens is 304 g/mol. The highest BCUT2D eigenvalue weighted by Gasteiger charge is 2.15. The molecule has 92 valence electrons. The third-order valence-electron chi connectivity index (χ3n) is 2.32. The predicted octanol–water partition coefficient (Wildman–Crippen LogP) is 4.93. The van der Waals surface area contributed by atoms with Crippen LogP contribution in [0.3, 0.4) is 0 Å². The molecule has 2 aromatic rings. The summed E-state index contributed by atoms with van der Waals surface area (Å²) in [7, 11) is 0. The average Bonchev–Trinajstić information content (AvgIpc) is 2.77.